The van der Waals surface area contributed by atoms with Gasteiger partial charge >= 0.3 is 0 Å². The molecule has 1 unspecified atom stereocenters. The predicted octanol–water partition coefficient (Wildman–Crippen LogP) is 2.81. The number of nitrogens with zero attached hydrogens (tertiary/aromatic N) is 1. The SMILES string of the molecule is COc1cccc(C(O)CNC(=O)Cn2cc(C)c3ccccc32)c1. The number of hydrogen-bond donors (Lipinski definition) is 2. The van der Waals surface area contributed by atoms with Gasteiger partial charge in [-0.3, -0.25) is 4.79 Å². The topological polar surface area (TPSA) is 63.5 Å². The molecule has 0 saturated carbocycles. The summed E-state index contributed by atoms with van der Waals surface area (Å²) in [7, 11) is 1.58. The van der Waals surface area contributed by atoms with Crippen molar-refractivity contribution in [3.8, 4) is 5.75 Å². The van der Waals surface area contributed by atoms with E-state index in [4.69, 9.17) is 4.74 Å². The van der Waals surface area contributed by atoms with Crippen LogP contribution in [0.15, 0.2) is 54.7 Å². The first kappa shape index (κ1) is 17.0. The minimum absolute atomic E-state index is 0.136. The number of methoxy groups -OCH3 is 1. The number of rotatable bonds is 6. The number of nitrogens with one attached hydrogen (secondary N) is 1. The second-order valence-electron chi connectivity index (χ2n) is 6.05. The predicted molar refractivity (Wildman–Crippen MR) is 97.6 cm³/mol. The lowest BCUT2D eigenvalue weighted by Crippen LogP contribution is -2.31. The highest BCUT2D eigenvalue weighted by atomic mass is 16.5. The molecule has 5 heteroatoms. The van der Waals surface area contributed by atoms with Crippen molar-refractivity contribution in [2.75, 3.05) is 13.7 Å². The molecule has 0 aliphatic carbocycles. The maximum Gasteiger partial charge on any atom is 0.240 e. The molecular weight excluding hydrogens is 316 g/mol. The number of carbonyl (C=O) groups excluding carboxylic acids is 1. The van der Waals surface area contributed by atoms with Crippen LogP contribution in [-0.2, 0) is 11.3 Å². The van der Waals surface area contributed by atoms with Crippen LogP contribution in [0, 0.1) is 6.92 Å². The van der Waals surface area contributed by atoms with Crippen molar-refractivity contribution in [1.82, 2.24) is 9.88 Å². The molecule has 0 spiro atoms. The maximum absolute atomic E-state index is 12.3. The average Bonchev–Trinajstić information content (AvgIpc) is 2.96. The molecule has 1 aromatic heterocycles. The molecule has 0 aliphatic rings. The van der Waals surface area contributed by atoms with Crippen LogP contribution in [0.3, 0.4) is 0 Å². The molecule has 3 rings (SSSR count). The lowest BCUT2D eigenvalue weighted by Gasteiger charge is -2.14. The highest BCUT2D eigenvalue weighted by Gasteiger charge is 2.12. The Balaban J connectivity index is 1.62. The molecule has 0 aliphatic heterocycles. The van der Waals surface area contributed by atoms with Gasteiger partial charge in [-0.05, 0) is 36.2 Å². The van der Waals surface area contributed by atoms with Gasteiger partial charge < -0.3 is 19.7 Å². The average molecular weight is 338 g/mol. The van der Waals surface area contributed by atoms with E-state index in [0.717, 1.165) is 16.5 Å². The molecule has 0 fully saturated rings. The third-order valence-corrected chi connectivity index (χ3v) is 4.27. The number of para-hydroxylation sites is 1. The monoisotopic (exact) mass is 338 g/mol. The summed E-state index contributed by atoms with van der Waals surface area (Å²) in [6, 6.07) is 15.2. The van der Waals surface area contributed by atoms with Crippen molar-refractivity contribution in [1.29, 1.82) is 0 Å². The van der Waals surface area contributed by atoms with Gasteiger partial charge in [-0.2, -0.15) is 0 Å². The van der Waals surface area contributed by atoms with Gasteiger partial charge in [0.25, 0.3) is 0 Å². The zero-order chi connectivity index (χ0) is 17.8. The van der Waals surface area contributed by atoms with Crippen molar-refractivity contribution in [3.05, 3.63) is 65.9 Å². The number of aromatic nitrogens is 1. The van der Waals surface area contributed by atoms with Crippen molar-refractivity contribution in [3.63, 3.8) is 0 Å². The van der Waals surface area contributed by atoms with Crippen LogP contribution in [0.2, 0.25) is 0 Å². The number of aliphatic hydroxyl groups is 1. The number of amides is 1. The fourth-order valence-corrected chi connectivity index (χ4v) is 2.95. The third-order valence-electron chi connectivity index (χ3n) is 4.27. The zero-order valence-corrected chi connectivity index (χ0v) is 14.4. The van der Waals surface area contributed by atoms with Gasteiger partial charge in [-0.25, -0.2) is 0 Å². The summed E-state index contributed by atoms with van der Waals surface area (Å²) in [5.41, 5.74) is 2.88. The molecule has 0 bridgehead atoms. The van der Waals surface area contributed by atoms with Crippen molar-refractivity contribution >= 4 is 16.8 Å². The summed E-state index contributed by atoms with van der Waals surface area (Å²) in [6.07, 6.45) is 1.20. The van der Waals surface area contributed by atoms with E-state index in [0.29, 0.717) is 11.3 Å². The van der Waals surface area contributed by atoms with E-state index in [1.807, 2.05) is 60.2 Å². The minimum Gasteiger partial charge on any atom is -0.497 e. The number of aryl methyl sites for hydroxylation is 1. The first-order valence-electron chi connectivity index (χ1n) is 8.21. The Kier molecular flexibility index (Phi) is 5.05. The van der Waals surface area contributed by atoms with Gasteiger partial charge in [0.05, 0.1) is 13.2 Å². The molecule has 5 nitrogen and oxygen atoms in total. The summed E-state index contributed by atoms with van der Waals surface area (Å²) < 4.78 is 7.08. The fraction of sp³-hybridized carbons (Fsp3) is 0.250. The standard InChI is InChI=1S/C20H22N2O3/c1-14-12-22(18-9-4-3-8-17(14)18)13-20(24)21-11-19(23)15-6-5-7-16(10-15)25-2/h3-10,12,19,23H,11,13H2,1-2H3,(H,21,24). The molecule has 0 radical (unpaired) electrons. The van der Waals surface area contributed by atoms with Crippen molar-refractivity contribution in [2.45, 2.75) is 19.6 Å². The number of fused-ring (bicyclic) bond motifs is 1. The summed E-state index contributed by atoms with van der Waals surface area (Å²) in [6.45, 7) is 2.41. The van der Waals surface area contributed by atoms with E-state index in [1.165, 1.54) is 0 Å². The quantitative estimate of drug-likeness (QED) is 0.726. The fourth-order valence-electron chi connectivity index (χ4n) is 2.95. The number of benzene rings is 2. The summed E-state index contributed by atoms with van der Waals surface area (Å²) in [5.74, 6) is 0.542. The van der Waals surface area contributed by atoms with Gasteiger partial charge in [-0.15, -0.1) is 0 Å². The summed E-state index contributed by atoms with van der Waals surface area (Å²) in [4.78, 5) is 12.3. The van der Waals surface area contributed by atoms with Gasteiger partial charge in [0.1, 0.15) is 12.3 Å². The van der Waals surface area contributed by atoms with E-state index >= 15 is 0 Å². The van der Waals surface area contributed by atoms with Gasteiger partial charge in [-0.1, -0.05) is 30.3 Å². The van der Waals surface area contributed by atoms with Crippen LogP contribution in [0.1, 0.15) is 17.2 Å². The number of hydrogen-bond acceptors (Lipinski definition) is 3. The Hall–Kier alpha value is -2.79. The smallest absolute Gasteiger partial charge is 0.240 e. The molecule has 1 heterocycles. The molecule has 2 aromatic carbocycles. The number of aliphatic hydroxyl groups excluding tert-OH is 1. The van der Waals surface area contributed by atoms with Crippen LogP contribution < -0.4 is 10.1 Å². The first-order valence-corrected chi connectivity index (χ1v) is 8.21. The molecule has 3 aromatic rings. The van der Waals surface area contributed by atoms with E-state index in [-0.39, 0.29) is 19.0 Å². The van der Waals surface area contributed by atoms with Crippen molar-refractivity contribution in [2.24, 2.45) is 0 Å². The second kappa shape index (κ2) is 7.40. The van der Waals surface area contributed by atoms with Crippen molar-refractivity contribution < 1.29 is 14.6 Å². The molecule has 2 N–H and O–H groups in total. The third kappa shape index (κ3) is 3.83. The van der Waals surface area contributed by atoms with Crippen LogP contribution in [0.25, 0.3) is 10.9 Å². The highest BCUT2D eigenvalue weighted by Crippen LogP contribution is 2.20. The zero-order valence-electron chi connectivity index (χ0n) is 14.4. The summed E-state index contributed by atoms with van der Waals surface area (Å²) in [5, 5.41) is 14.2. The van der Waals surface area contributed by atoms with E-state index in [9.17, 15) is 9.90 Å². The Labute approximate surface area is 146 Å². The molecule has 25 heavy (non-hydrogen) atoms. The van der Waals surface area contributed by atoms with Crippen LogP contribution in [0.4, 0.5) is 0 Å². The van der Waals surface area contributed by atoms with Gasteiger partial charge in [0.15, 0.2) is 0 Å². The summed E-state index contributed by atoms with van der Waals surface area (Å²) >= 11 is 0. The lowest BCUT2D eigenvalue weighted by molar-refractivity contribution is -0.122. The van der Waals surface area contributed by atoms with Crippen LogP contribution in [0.5, 0.6) is 5.75 Å². The van der Waals surface area contributed by atoms with E-state index in [1.54, 1.807) is 13.2 Å². The number of carbonyl (C=O) groups is 1. The first-order chi connectivity index (χ1) is 12.1. The van der Waals surface area contributed by atoms with Gasteiger partial charge in [0, 0.05) is 23.6 Å². The molecule has 1 amide bonds. The van der Waals surface area contributed by atoms with Gasteiger partial charge in [0.2, 0.25) is 5.91 Å². The normalized spacial score (nSPS) is 12.1. The lowest BCUT2D eigenvalue weighted by atomic mass is 10.1. The highest BCUT2D eigenvalue weighted by molar-refractivity contribution is 5.85. The Bertz CT molecular complexity index is 886. The maximum atomic E-state index is 12.3. The molecule has 0 saturated heterocycles. The Morgan fingerprint density at radius 3 is 2.84 bits per heavy atom. The minimum atomic E-state index is -0.776. The van der Waals surface area contributed by atoms with E-state index in [2.05, 4.69) is 5.32 Å². The van der Waals surface area contributed by atoms with Crippen LogP contribution >= 0.6 is 0 Å². The molecule has 1 atom stereocenters. The van der Waals surface area contributed by atoms with E-state index < -0.39 is 6.10 Å². The Morgan fingerprint density at radius 1 is 1.24 bits per heavy atom. The molecule has 130 valence electrons. The van der Waals surface area contributed by atoms with Crippen LogP contribution in [-0.4, -0.2) is 29.2 Å². The number of ether oxygens (including phenoxy) is 1. The second-order valence-corrected chi connectivity index (χ2v) is 6.05. The Morgan fingerprint density at radius 2 is 2.04 bits per heavy atom. The largest absolute Gasteiger partial charge is 0.497 e. The molecular formula is C20H22N2O3.